The minimum atomic E-state index is -5.14. The fraction of sp³-hybridized carbons (Fsp3) is 0.357. The monoisotopic (exact) mass is 306 g/mol. The molecule has 0 aliphatic rings. The molecule has 7 heteroatoms. The van der Waals surface area contributed by atoms with Gasteiger partial charge in [-0.2, -0.15) is 13.2 Å². The van der Waals surface area contributed by atoms with Crippen LogP contribution in [-0.2, 0) is 4.79 Å². The number of aliphatic hydroxyl groups is 1. The molecule has 1 aromatic carbocycles. The number of benzene rings is 1. The molecule has 0 radical (unpaired) electrons. The highest BCUT2D eigenvalue weighted by atomic mass is 19.4. The van der Waals surface area contributed by atoms with E-state index in [1.807, 2.05) is 0 Å². The van der Waals surface area contributed by atoms with Crippen LogP contribution in [0.15, 0.2) is 24.3 Å². The summed E-state index contributed by atoms with van der Waals surface area (Å²) in [6.45, 7) is 1.42. The lowest BCUT2D eigenvalue weighted by Gasteiger charge is -2.26. The average molecular weight is 306 g/mol. The molecule has 0 bridgehead atoms. The summed E-state index contributed by atoms with van der Waals surface area (Å²) < 4.78 is 56.7. The van der Waals surface area contributed by atoms with Crippen LogP contribution in [0.5, 0.6) is 5.75 Å². The van der Waals surface area contributed by atoms with Gasteiger partial charge in [0.25, 0.3) is 0 Å². The standard InChI is InChI=1S/C14H14F4O3/c1-3-9(7-13(20,8-19)14(16,17)18)10-5-4-6-11(15)12(10)21-2/h3-6,8,20H,7H2,1-2H3. The van der Waals surface area contributed by atoms with E-state index in [1.165, 1.54) is 32.2 Å². The Hall–Kier alpha value is -1.89. The summed E-state index contributed by atoms with van der Waals surface area (Å²) in [4.78, 5) is 10.7. The third kappa shape index (κ3) is 3.41. The van der Waals surface area contributed by atoms with Crippen molar-refractivity contribution in [3.05, 3.63) is 35.7 Å². The van der Waals surface area contributed by atoms with E-state index in [0.717, 1.165) is 6.07 Å². The molecule has 0 saturated carbocycles. The number of alkyl halides is 3. The van der Waals surface area contributed by atoms with E-state index < -0.39 is 30.3 Å². The lowest BCUT2D eigenvalue weighted by Crippen LogP contribution is -2.46. The fourth-order valence-corrected chi connectivity index (χ4v) is 1.82. The normalized spacial score (nSPS) is 15.5. The van der Waals surface area contributed by atoms with Gasteiger partial charge in [0.1, 0.15) is 0 Å². The summed E-state index contributed by atoms with van der Waals surface area (Å²) in [5, 5.41) is 9.48. The maximum Gasteiger partial charge on any atom is 0.424 e. The molecule has 0 spiro atoms. The van der Waals surface area contributed by atoms with Crippen LogP contribution in [0.1, 0.15) is 18.9 Å². The van der Waals surface area contributed by atoms with Gasteiger partial charge in [-0.3, -0.25) is 4.79 Å². The summed E-state index contributed by atoms with van der Waals surface area (Å²) in [7, 11) is 1.17. The molecule has 0 heterocycles. The van der Waals surface area contributed by atoms with Crippen molar-refractivity contribution in [3.8, 4) is 5.75 Å². The zero-order valence-corrected chi connectivity index (χ0v) is 11.4. The Kier molecular flexibility index (Phi) is 5.11. The SMILES string of the molecule is CC=C(CC(O)(C=O)C(F)(F)F)c1cccc(F)c1OC. The quantitative estimate of drug-likeness (QED) is 0.671. The number of para-hydroxylation sites is 1. The maximum absolute atomic E-state index is 13.6. The van der Waals surface area contributed by atoms with E-state index in [0.29, 0.717) is 0 Å². The van der Waals surface area contributed by atoms with Crippen molar-refractivity contribution in [2.75, 3.05) is 7.11 Å². The largest absolute Gasteiger partial charge is 0.493 e. The Morgan fingerprint density at radius 3 is 2.43 bits per heavy atom. The molecule has 1 aromatic rings. The van der Waals surface area contributed by atoms with Crippen molar-refractivity contribution in [2.24, 2.45) is 0 Å². The van der Waals surface area contributed by atoms with Crippen molar-refractivity contribution < 1.29 is 32.2 Å². The smallest absolute Gasteiger partial charge is 0.424 e. The Morgan fingerprint density at radius 2 is 2.00 bits per heavy atom. The highest BCUT2D eigenvalue weighted by molar-refractivity contribution is 5.76. The molecule has 0 aliphatic heterocycles. The van der Waals surface area contributed by atoms with Crippen molar-refractivity contribution in [1.29, 1.82) is 0 Å². The van der Waals surface area contributed by atoms with Crippen LogP contribution in [0.2, 0.25) is 0 Å². The van der Waals surface area contributed by atoms with Gasteiger partial charge in [0.15, 0.2) is 17.9 Å². The van der Waals surface area contributed by atoms with Gasteiger partial charge in [-0.15, -0.1) is 0 Å². The lowest BCUT2D eigenvalue weighted by atomic mass is 9.90. The van der Waals surface area contributed by atoms with Crippen molar-refractivity contribution in [3.63, 3.8) is 0 Å². The van der Waals surface area contributed by atoms with E-state index in [4.69, 9.17) is 4.74 Å². The zero-order chi connectivity index (χ0) is 16.3. The van der Waals surface area contributed by atoms with Gasteiger partial charge in [-0.05, 0) is 18.6 Å². The van der Waals surface area contributed by atoms with Crippen LogP contribution in [0, 0.1) is 5.82 Å². The minimum absolute atomic E-state index is 0.0459. The van der Waals surface area contributed by atoms with Crippen LogP contribution in [-0.4, -0.2) is 30.3 Å². The number of aldehydes is 1. The van der Waals surface area contributed by atoms with Crippen molar-refractivity contribution >= 4 is 11.9 Å². The van der Waals surface area contributed by atoms with Crippen LogP contribution in [0.3, 0.4) is 0 Å². The van der Waals surface area contributed by atoms with Gasteiger partial charge in [-0.1, -0.05) is 18.2 Å². The second kappa shape index (κ2) is 6.26. The number of carbonyl (C=O) groups excluding carboxylic acids is 1. The molecule has 21 heavy (non-hydrogen) atoms. The highest BCUT2D eigenvalue weighted by Gasteiger charge is 2.54. The molecule has 1 N–H and O–H groups in total. The van der Waals surface area contributed by atoms with Gasteiger partial charge in [0.2, 0.25) is 5.60 Å². The van der Waals surface area contributed by atoms with Crippen LogP contribution in [0.4, 0.5) is 17.6 Å². The molecule has 0 amide bonds. The van der Waals surface area contributed by atoms with Gasteiger partial charge < -0.3 is 9.84 Å². The van der Waals surface area contributed by atoms with E-state index in [2.05, 4.69) is 0 Å². The highest BCUT2D eigenvalue weighted by Crippen LogP contribution is 2.39. The number of carbonyl (C=O) groups is 1. The van der Waals surface area contributed by atoms with Crippen molar-refractivity contribution in [1.82, 2.24) is 0 Å². The molecular formula is C14H14F4O3. The zero-order valence-electron chi connectivity index (χ0n) is 11.4. The maximum atomic E-state index is 13.6. The molecular weight excluding hydrogens is 292 g/mol. The second-order valence-corrected chi connectivity index (χ2v) is 4.35. The predicted octanol–water partition coefficient (Wildman–Crippen LogP) is 3.12. The van der Waals surface area contributed by atoms with E-state index in [-0.39, 0.29) is 16.9 Å². The van der Waals surface area contributed by atoms with Crippen LogP contribution >= 0.6 is 0 Å². The summed E-state index contributed by atoms with van der Waals surface area (Å²) in [6.07, 6.45) is -5.47. The summed E-state index contributed by atoms with van der Waals surface area (Å²) in [6, 6.07) is 3.73. The van der Waals surface area contributed by atoms with Crippen molar-refractivity contribution in [2.45, 2.75) is 25.1 Å². The number of hydrogen-bond acceptors (Lipinski definition) is 3. The molecule has 0 saturated heterocycles. The Bertz CT molecular complexity index is 552. The summed E-state index contributed by atoms with van der Waals surface area (Å²) in [5.74, 6) is -1.00. The molecule has 1 unspecified atom stereocenters. The molecule has 1 atom stereocenters. The van der Waals surface area contributed by atoms with Gasteiger partial charge in [0.05, 0.1) is 7.11 Å². The molecule has 0 aliphatic carbocycles. The van der Waals surface area contributed by atoms with Crippen LogP contribution < -0.4 is 4.74 Å². The Balaban J connectivity index is 3.29. The first-order valence-electron chi connectivity index (χ1n) is 5.93. The third-order valence-electron chi connectivity index (χ3n) is 3.01. The predicted molar refractivity (Wildman–Crippen MR) is 68.3 cm³/mol. The van der Waals surface area contributed by atoms with Gasteiger partial charge in [-0.25, -0.2) is 4.39 Å². The summed E-state index contributed by atoms with van der Waals surface area (Å²) >= 11 is 0. The first kappa shape index (κ1) is 17.2. The van der Waals surface area contributed by atoms with Crippen LogP contribution in [0.25, 0.3) is 5.57 Å². The van der Waals surface area contributed by atoms with Gasteiger partial charge in [0, 0.05) is 12.0 Å². The first-order chi connectivity index (χ1) is 9.70. The molecule has 0 fully saturated rings. The third-order valence-corrected chi connectivity index (χ3v) is 3.01. The minimum Gasteiger partial charge on any atom is -0.493 e. The molecule has 0 aromatic heterocycles. The Morgan fingerprint density at radius 1 is 1.38 bits per heavy atom. The first-order valence-corrected chi connectivity index (χ1v) is 5.93. The lowest BCUT2D eigenvalue weighted by molar-refractivity contribution is -0.242. The Labute approximate surface area is 118 Å². The topological polar surface area (TPSA) is 46.5 Å². The van der Waals surface area contributed by atoms with E-state index >= 15 is 0 Å². The number of ether oxygens (including phenoxy) is 1. The number of rotatable bonds is 5. The number of hydrogen-bond donors (Lipinski definition) is 1. The number of halogens is 4. The number of allylic oxidation sites excluding steroid dienone is 1. The van der Waals surface area contributed by atoms with E-state index in [1.54, 1.807) is 0 Å². The molecule has 1 rings (SSSR count). The summed E-state index contributed by atoms with van der Waals surface area (Å²) in [5.41, 5.74) is -3.55. The molecule has 3 nitrogen and oxygen atoms in total. The van der Waals surface area contributed by atoms with Gasteiger partial charge >= 0.3 is 6.18 Å². The average Bonchev–Trinajstić information content (AvgIpc) is 2.43. The fourth-order valence-electron chi connectivity index (χ4n) is 1.82. The molecule has 116 valence electrons. The second-order valence-electron chi connectivity index (χ2n) is 4.35. The number of methoxy groups -OCH3 is 1. The van der Waals surface area contributed by atoms with E-state index in [9.17, 15) is 27.5 Å².